The summed E-state index contributed by atoms with van der Waals surface area (Å²) < 4.78 is 0. The highest BCUT2D eigenvalue weighted by Crippen LogP contribution is 2.23. The van der Waals surface area contributed by atoms with E-state index in [2.05, 4.69) is 18.7 Å². The molecule has 1 rings (SSSR count). The lowest BCUT2D eigenvalue weighted by molar-refractivity contribution is 0.175. The fourth-order valence-corrected chi connectivity index (χ4v) is 2.18. The van der Waals surface area contributed by atoms with Crippen molar-refractivity contribution in [1.82, 2.24) is 4.90 Å². The Morgan fingerprint density at radius 2 is 2.00 bits per heavy atom. The van der Waals surface area contributed by atoms with Gasteiger partial charge in [0.05, 0.1) is 4.99 Å². The summed E-state index contributed by atoms with van der Waals surface area (Å²) in [5, 5.41) is 0. The van der Waals surface area contributed by atoms with E-state index in [0.717, 1.165) is 18.4 Å². The molecule has 2 N–H and O–H groups in total. The average molecular weight is 200 g/mol. The van der Waals surface area contributed by atoms with Crippen molar-refractivity contribution in [2.45, 2.75) is 26.7 Å². The molecule has 0 amide bonds. The summed E-state index contributed by atoms with van der Waals surface area (Å²) in [6.07, 6.45) is 2.61. The second-order valence-corrected chi connectivity index (χ2v) is 4.85. The minimum atomic E-state index is 0.628. The summed E-state index contributed by atoms with van der Waals surface area (Å²) in [5.41, 5.74) is 5.51. The van der Waals surface area contributed by atoms with Crippen LogP contribution in [0, 0.1) is 11.8 Å². The van der Waals surface area contributed by atoms with Crippen molar-refractivity contribution in [1.29, 1.82) is 0 Å². The van der Waals surface area contributed by atoms with Crippen molar-refractivity contribution in [2.24, 2.45) is 17.6 Å². The zero-order valence-corrected chi connectivity index (χ0v) is 9.44. The molecule has 0 saturated carbocycles. The lowest BCUT2D eigenvalue weighted by Crippen LogP contribution is -2.39. The third kappa shape index (κ3) is 3.61. The van der Waals surface area contributed by atoms with Gasteiger partial charge in [-0.3, -0.25) is 4.90 Å². The number of hydrogen-bond donors (Lipinski definition) is 1. The number of rotatable bonds is 3. The van der Waals surface area contributed by atoms with Gasteiger partial charge in [0.15, 0.2) is 0 Å². The molecule has 13 heavy (non-hydrogen) atoms. The summed E-state index contributed by atoms with van der Waals surface area (Å²) in [7, 11) is 0. The molecular formula is C10H20N2S. The van der Waals surface area contributed by atoms with E-state index in [4.69, 9.17) is 18.0 Å². The van der Waals surface area contributed by atoms with Gasteiger partial charge in [0.1, 0.15) is 0 Å². The predicted octanol–water partition coefficient (Wildman–Crippen LogP) is 1.64. The first-order chi connectivity index (χ1) is 6.09. The molecule has 1 aliphatic heterocycles. The molecule has 2 nitrogen and oxygen atoms in total. The Hall–Kier alpha value is -0.150. The summed E-state index contributed by atoms with van der Waals surface area (Å²) in [5.74, 6) is 1.73. The van der Waals surface area contributed by atoms with Crippen molar-refractivity contribution >= 4 is 17.2 Å². The van der Waals surface area contributed by atoms with Crippen molar-refractivity contribution in [3.8, 4) is 0 Å². The van der Waals surface area contributed by atoms with Gasteiger partial charge in [0.2, 0.25) is 0 Å². The van der Waals surface area contributed by atoms with Crippen molar-refractivity contribution < 1.29 is 0 Å². The van der Waals surface area contributed by atoms with Crippen LogP contribution in [0.5, 0.6) is 0 Å². The highest BCUT2D eigenvalue weighted by Gasteiger charge is 2.21. The molecule has 1 saturated heterocycles. The van der Waals surface area contributed by atoms with E-state index in [0.29, 0.717) is 4.99 Å². The Morgan fingerprint density at radius 3 is 2.38 bits per heavy atom. The lowest BCUT2D eigenvalue weighted by Gasteiger charge is -2.33. The van der Waals surface area contributed by atoms with Crippen LogP contribution in [0.3, 0.4) is 0 Å². The quantitative estimate of drug-likeness (QED) is 0.702. The highest BCUT2D eigenvalue weighted by molar-refractivity contribution is 7.80. The van der Waals surface area contributed by atoms with Crippen molar-refractivity contribution in [2.75, 3.05) is 19.6 Å². The minimum absolute atomic E-state index is 0.628. The van der Waals surface area contributed by atoms with Crippen LogP contribution in [0.25, 0.3) is 0 Å². The van der Waals surface area contributed by atoms with Crippen molar-refractivity contribution in [3.63, 3.8) is 0 Å². The second-order valence-electron chi connectivity index (χ2n) is 4.32. The molecule has 0 aliphatic carbocycles. The van der Waals surface area contributed by atoms with Gasteiger partial charge in [-0.1, -0.05) is 26.1 Å². The number of nitrogens with two attached hydrogens (primary N) is 1. The highest BCUT2D eigenvalue weighted by atomic mass is 32.1. The molecule has 0 spiro atoms. The third-order valence-corrected chi connectivity index (χ3v) is 3.08. The molecule has 1 heterocycles. The number of thiocarbonyl (C=S) groups is 1. The topological polar surface area (TPSA) is 29.3 Å². The Morgan fingerprint density at radius 1 is 1.46 bits per heavy atom. The SMILES string of the molecule is CC(C)C1CCN(CC(N)=S)CC1. The minimum Gasteiger partial charge on any atom is -0.392 e. The van der Waals surface area contributed by atoms with Crippen LogP contribution in [0.4, 0.5) is 0 Å². The summed E-state index contributed by atoms with van der Waals surface area (Å²) in [6, 6.07) is 0. The molecule has 0 atom stereocenters. The first-order valence-corrected chi connectivity index (χ1v) is 5.51. The predicted molar refractivity (Wildman–Crippen MR) is 60.8 cm³/mol. The smallest absolute Gasteiger partial charge is 0.0870 e. The van der Waals surface area contributed by atoms with Crippen LogP contribution in [-0.4, -0.2) is 29.5 Å². The van der Waals surface area contributed by atoms with E-state index in [1.807, 2.05) is 0 Å². The maximum atomic E-state index is 5.51. The molecule has 0 bridgehead atoms. The number of piperidine rings is 1. The van der Waals surface area contributed by atoms with Crippen molar-refractivity contribution in [3.05, 3.63) is 0 Å². The van der Waals surface area contributed by atoms with Crippen LogP contribution in [0.2, 0.25) is 0 Å². The van der Waals surface area contributed by atoms with Crippen LogP contribution in [0.1, 0.15) is 26.7 Å². The van der Waals surface area contributed by atoms with E-state index < -0.39 is 0 Å². The largest absolute Gasteiger partial charge is 0.392 e. The van der Waals surface area contributed by atoms with Crippen LogP contribution < -0.4 is 5.73 Å². The lowest BCUT2D eigenvalue weighted by atomic mass is 9.87. The zero-order chi connectivity index (χ0) is 9.84. The van der Waals surface area contributed by atoms with Crippen LogP contribution in [0.15, 0.2) is 0 Å². The summed E-state index contributed by atoms with van der Waals surface area (Å²) >= 11 is 4.89. The molecule has 1 fully saturated rings. The standard InChI is InChI=1S/C10H20N2S/c1-8(2)9-3-5-12(6-4-9)7-10(11)13/h8-9H,3-7H2,1-2H3,(H2,11,13). The normalized spacial score (nSPS) is 20.8. The Labute approximate surface area is 86.5 Å². The Balaban J connectivity index is 2.26. The number of hydrogen-bond acceptors (Lipinski definition) is 2. The van der Waals surface area contributed by atoms with E-state index in [1.165, 1.54) is 25.9 Å². The van der Waals surface area contributed by atoms with Gasteiger partial charge >= 0.3 is 0 Å². The number of nitrogens with zero attached hydrogens (tertiary/aromatic N) is 1. The molecule has 76 valence electrons. The van der Waals surface area contributed by atoms with Gasteiger partial charge in [-0.2, -0.15) is 0 Å². The fourth-order valence-electron chi connectivity index (χ4n) is 2.00. The zero-order valence-electron chi connectivity index (χ0n) is 8.62. The first-order valence-electron chi connectivity index (χ1n) is 5.10. The van der Waals surface area contributed by atoms with Gasteiger partial charge in [-0.15, -0.1) is 0 Å². The summed E-state index contributed by atoms with van der Waals surface area (Å²) in [6.45, 7) is 7.77. The van der Waals surface area contributed by atoms with Crippen LogP contribution >= 0.6 is 12.2 Å². The molecule has 0 unspecified atom stereocenters. The maximum Gasteiger partial charge on any atom is 0.0870 e. The maximum absolute atomic E-state index is 5.51. The Kier molecular flexibility index (Phi) is 4.13. The van der Waals surface area contributed by atoms with E-state index in [9.17, 15) is 0 Å². The second kappa shape index (κ2) is 4.91. The fraction of sp³-hybridized carbons (Fsp3) is 0.900. The van der Waals surface area contributed by atoms with E-state index in [-0.39, 0.29) is 0 Å². The van der Waals surface area contributed by atoms with Gasteiger partial charge < -0.3 is 5.73 Å². The van der Waals surface area contributed by atoms with Gasteiger partial charge in [0.25, 0.3) is 0 Å². The molecule has 0 aromatic rings. The molecule has 3 heteroatoms. The molecule has 1 aliphatic rings. The average Bonchev–Trinajstić information content (AvgIpc) is 2.04. The molecule has 0 radical (unpaired) electrons. The van der Waals surface area contributed by atoms with Gasteiger partial charge in [0, 0.05) is 6.54 Å². The Bertz CT molecular complexity index is 172. The van der Waals surface area contributed by atoms with E-state index in [1.54, 1.807) is 0 Å². The molecular weight excluding hydrogens is 180 g/mol. The molecule has 0 aromatic heterocycles. The molecule has 0 aromatic carbocycles. The summed E-state index contributed by atoms with van der Waals surface area (Å²) in [4.78, 5) is 2.99. The number of likely N-dealkylation sites (tertiary alicyclic amines) is 1. The first kappa shape index (κ1) is 10.9. The third-order valence-electron chi connectivity index (χ3n) is 2.95. The van der Waals surface area contributed by atoms with Crippen LogP contribution in [-0.2, 0) is 0 Å². The monoisotopic (exact) mass is 200 g/mol. The van der Waals surface area contributed by atoms with E-state index >= 15 is 0 Å². The van der Waals surface area contributed by atoms with Gasteiger partial charge in [-0.05, 0) is 37.8 Å². The van der Waals surface area contributed by atoms with Gasteiger partial charge in [-0.25, -0.2) is 0 Å².